The Labute approximate surface area is 163 Å². The van der Waals surface area contributed by atoms with Crippen LogP contribution in [-0.2, 0) is 4.79 Å². The van der Waals surface area contributed by atoms with Crippen molar-refractivity contribution in [1.29, 1.82) is 0 Å². The number of amides is 1. The van der Waals surface area contributed by atoms with Crippen molar-refractivity contribution in [2.24, 2.45) is 0 Å². The van der Waals surface area contributed by atoms with E-state index in [2.05, 4.69) is 41.5 Å². The van der Waals surface area contributed by atoms with Crippen LogP contribution in [0.4, 0.5) is 0 Å². The van der Waals surface area contributed by atoms with E-state index in [0.29, 0.717) is 11.1 Å². The SMILES string of the molecule is Cc1cccc(-c2nnc(SCC(=O)N[C@@H](C)c3ccc(C)c(C)c3)o2)c1. The Bertz CT molecular complexity index is 952. The maximum atomic E-state index is 12.3. The summed E-state index contributed by atoms with van der Waals surface area (Å²) in [4.78, 5) is 12.3. The van der Waals surface area contributed by atoms with Gasteiger partial charge >= 0.3 is 0 Å². The standard InChI is InChI=1S/C21H23N3O2S/c1-13-6-5-7-18(10-13)20-23-24-21(26-20)27-12-19(25)22-16(4)17-9-8-14(2)15(3)11-17/h5-11,16H,12H2,1-4H3,(H,22,25)/t16-/m0/s1. The number of carbonyl (C=O) groups excluding carboxylic acids is 1. The van der Waals surface area contributed by atoms with Crippen LogP contribution in [0.1, 0.15) is 35.2 Å². The Morgan fingerprint density at radius 3 is 2.67 bits per heavy atom. The normalized spacial score (nSPS) is 12.0. The molecule has 0 aliphatic carbocycles. The summed E-state index contributed by atoms with van der Waals surface area (Å²) in [5.41, 5.74) is 5.56. The molecule has 0 saturated heterocycles. The second-order valence-corrected chi connectivity index (χ2v) is 7.59. The summed E-state index contributed by atoms with van der Waals surface area (Å²) >= 11 is 1.24. The van der Waals surface area contributed by atoms with Gasteiger partial charge in [-0.1, -0.05) is 47.7 Å². The Kier molecular flexibility index (Phi) is 5.96. The molecule has 0 unspecified atom stereocenters. The van der Waals surface area contributed by atoms with Gasteiger partial charge in [0.25, 0.3) is 5.22 Å². The summed E-state index contributed by atoms with van der Waals surface area (Å²) in [6, 6.07) is 14.1. The molecule has 3 rings (SSSR count). The first-order valence-corrected chi connectivity index (χ1v) is 9.81. The number of aryl methyl sites for hydroxylation is 3. The van der Waals surface area contributed by atoms with E-state index < -0.39 is 0 Å². The average molecular weight is 382 g/mol. The predicted molar refractivity (Wildman–Crippen MR) is 108 cm³/mol. The predicted octanol–water partition coefficient (Wildman–Crippen LogP) is 4.63. The Morgan fingerprint density at radius 2 is 1.93 bits per heavy atom. The van der Waals surface area contributed by atoms with Crippen molar-refractivity contribution in [1.82, 2.24) is 15.5 Å². The highest BCUT2D eigenvalue weighted by atomic mass is 32.2. The van der Waals surface area contributed by atoms with Crippen LogP contribution in [0.5, 0.6) is 0 Å². The first kappa shape index (κ1) is 19.2. The quantitative estimate of drug-likeness (QED) is 0.631. The maximum absolute atomic E-state index is 12.3. The second-order valence-electron chi connectivity index (χ2n) is 6.66. The smallest absolute Gasteiger partial charge is 0.277 e. The van der Waals surface area contributed by atoms with E-state index in [0.717, 1.165) is 16.7 Å². The van der Waals surface area contributed by atoms with Crippen LogP contribution in [0.15, 0.2) is 52.1 Å². The van der Waals surface area contributed by atoms with E-state index in [4.69, 9.17) is 4.42 Å². The van der Waals surface area contributed by atoms with E-state index in [1.807, 2.05) is 44.2 Å². The summed E-state index contributed by atoms with van der Waals surface area (Å²) in [6.45, 7) is 8.14. The van der Waals surface area contributed by atoms with Crippen LogP contribution in [-0.4, -0.2) is 21.9 Å². The zero-order valence-corrected chi connectivity index (χ0v) is 16.8. The number of carbonyl (C=O) groups is 1. The lowest BCUT2D eigenvalue weighted by atomic mass is 10.0. The van der Waals surface area contributed by atoms with Crippen LogP contribution in [0.25, 0.3) is 11.5 Å². The molecule has 0 saturated carbocycles. The molecule has 1 heterocycles. The fraction of sp³-hybridized carbons (Fsp3) is 0.286. The summed E-state index contributed by atoms with van der Waals surface area (Å²) in [7, 11) is 0. The minimum atomic E-state index is -0.0685. The van der Waals surface area contributed by atoms with Gasteiger partial charge in [-0.05, 0) is 56.5 Å². The van der Waals surface area contributed by atoms with Gasteiger partial charge in [0.15, 0.2) is 0 Å². The van der Waals surface area contributed by atoms with E-state index >= 15 is 0 Å². The van der Waals surface area contributed by atoms with Crippen molar-refractivity contribution in [3.05, 3.63) is 64.7 Å². The van der Waals surface area contributed by atoms with E-state index in [1.54, 1.807) is 0 Å². The molecule has 2 aromatic carbocycles. The number of aromatic nitrogens is 2. The number of thioether (sulfide) groups is 1. The van der Waals surface area contributed by atoms with Crippen molar-refractivity contribution >= 4 is 17.7 Å². The van der Waals surface area contributed by atoms with Crippen LogP contribution >= 0.6 is 11.8 Å². The van der Waals surface area contributed by atoms with Gasteiger partial charge in [0, 0.05) is 5.56 Å². The van der Waals surface area contributed by atoms with Gasteiger partial charge in [0.05, 0.1) is 11.8 Å². The van der Waals surface area contributed by atoms with Crippen LogP contribution < -0.4 is 5.32 Å². The van der Waals surface area contributed by atoms with Gasteiger partial charge in [0.1, 0.15) is 0 Å². The Morgan fingerprint density at radius 1 is 1.11 bits per heavy atom. The third kappa shape index (κ3) is 4.98. The van der Waals surface area contributed by atoms with Gasteiger partial charge in [0.2, 0.25) is 11.8 Å². The highest BCUT2D eigenvalue weighted by Gasteiger charge is 2.14. The molecular weight excluding hydrogens is 358 g/mol. The molecule has 0 spiro atoms. The van der Waals surface area contributed by atoms with Gasteiger partial charge in [-0.25, -0.2) is 0 Å². The first-order chi connectivity index (χ1) is 12.9. The molecule has 0 bridgehead atoms. The van der Waals surface area contributed by atoms with Crippen molar-refractivity contribution in [2.45, 2.75) is 39.0 Å². The lowest BCUT2D eigenvalue weighted by molar-refractivity contribution is -0.119. The van der Waals surface area contributed by atoms with Gasteiger partial charge in [-0.2, -0.15) is 0 Å². The highest BCUT2D eigenvalue weighted by Crippen LogP contribution is 2.24. The fourth-order valence-electron chi connectivity index (χ4n) is 2.69. The zero-order chi connectivity index (χ0) is 19.4. The lowest BCUT2D eigenvalue weighted by Gasteiger charge is -2.15. The third-order valence-electron chi connectivity index (χ3n) is 4.41. The minimum Gasteiger partial charge on any atom is -0.411 e. The molecule has 0 aliphatic rings. The number of hydrogen-bond acceptors (Lipinski definition) is 5. The first-order valence-electron chi connectivity index (χ1n) is 8.82. The average Bonchev–Trinajstić information content (AvgIpc) is 3.11. The molecule has 0 fully saturated rings. The van der Waals surface area contributed by atoms with Gasteiger partial charge in [-0.15, -0.1) is 10.2 Å². The highest BCUT2D eigenvalue weighted by molar-refractivity contribution is 7.99. The van der Waals surface area contributed by atoms with E-state index in [9.17, 15) is 4.79 Å². The summed E-state index contributed by atoms with van der Waals surface area (Å²) < 4.78 is 5.65. The van der Waals surface area contributed by atoms with Gasteiger partial charge in [-0.3, -0.25) is 4.79 Å². The summed E-state index contributed by atoms with van der Waals surface area (Å²) in [6.07, 6.45) is 0. The van der Waals surface area contributed by atoms with Crippen molar-refractivity contribution in [3.8, 4) is 11.5 Å². The number of nitrogens with one attached hydrogen (secondary N) is 1. The molecule has 1 amide bonds. The molecule has 6 heteroatoms. The Balaban J connectivity index is 1.55. The van der Waals surface area contributed by atoms with Gasteiger partial charge < -0.3 is 9.73 Å². The molecule has 1 N–H and O–H groups in total. The van der Waals surface area contributed by atoms with Crippen LogP contribution in [0.2, 0.25) is 0 Å². The topological polar surface area (TPSA) is 68.0 Å². The Hall–Kier alpha value is -2.60. The molecule has 27 heavy (non-hydrogen) atoms. The van der Waals surface area contributed by atoms with Crippen molar-refractivity contribution in [3.63, 3.8) is 0 Å². The van der Waals surface area contributed by atoms with Crippen LogP contribution in [0.3, 0.4) is 0 Å². The minimum absolute atomic E-state index is 0.0528. The number of nitrogens with zero attached hydrogens (tertiary/aromatic N) is 2. The zero-order valence-electron chi connectivity index (χ0n) is 15.9. The van der Waals surface area contributed by atoms with E-state index in [1.165, 1.54) is 22.9 Å². The molecule has 5 nitrogen and oxygen atoms in total. The molecular formula is C21H23N3O2S. The van der Waals surface area contributed by atoms with Crippen molar-refractivity contribution < 1.29 is 9.21 Å². The number of benzene rings is 2. The molecule has 3 aromatic rings. The second kappa shape index (κ2) is 8.39. The molecule has 0 aliphatic heterocycles. The maximum Gasteiger partial charge on any atom is 0.277 e. The number of hydrogen-bond donors (Lipinski definition) is 1. The van der Waals surface area contributed by atoms with E-state index in [-0.39, 0.29) is 17.7 Å². The third-order valence-corrected chi connectivity index (χ3v) is 5.23. The molecule has 1 aromatic heterocycles. The largest absolute Gasteiger partial charge is 0.411 e. The van der Waals surface area contributed by atoms with Crippen LogP contribution in [0, 0.1) is 20.8 Å². The summed E-state index contributed by atoms with van der Waals surface area (Å²) in [5, 5.41) is 11.5. The molecule has 1 atom stereocenters. The molecule has 0 radical (unpaired) electrons. The van der Waals surface area contributed by atoms with Crippen molar-refractivity contribution in [2.75, 3.05) is 5.75 Å². The number of rotatable bonds is 6. The lowest BCUT2D eigenvalue weighted by Crippen LogP contribution is -2.28. The monoisotopic (exact) mass is 381 g/mol. The molecule has 140 valence electrons. The fourth-order valence-corrected chi connectivity index (χ4v) is 3.26. The summed E-state index contributed by atoms with van der Waals surface area (Å²) in [5.74, 6) is 0.621.